The fourth-order valence-corrected chi connectivity index (χ4v) is 2.74. The van der Waals surface area contributed by atoms with Gasteiger partial charge in [-0.1, -0.05) is 6.07 Å². The van der Waals surface area contributed by atoms with E-state index in [1.54, 1.807) is 0 Å². The lowest BCUT2D eigenvalue weighted by Crippen LogP contribution is -2.39. The number of rotatable bonds is 8. The molecule has 3 rings (SSSR count). The van der Waals surface area contributed by atoms with Crippen LogP contribution in [0.2, 0.25) is 0 Å². The summed E-state index contributed by atoms with van der Waals surface area (Å²) < 4.78 is 46.4. The Kier molecular flexibility index (Phi) is 6.11. The molecule has 1 saturated carbocycles. The van der Waals surface area contributed by atoms with Crippen molar-refractivity contribution in [3.05, 3.63) is 30.0 Å². The number of amides is 2. The van der Waals surface area contributed by atoms with Gasteiger partial charge in [-0.15, -0.1) is 13.2 Å². The lowest BCUT2D eigenvalue weighted by molar-refractivity contribution is -0.274. The number of H-pyrrole nitrogens is 1. The number of carbonyl (C=O) groups is 2. The third-order valence-electron chi connectivity index (χ3n) is 4.58. The number of imidazole rings is 1. The van der Waals surface area contributed by atoms with Crippen molar-refractivity contribution in [1.82, 2.24) is 15.3 Å². The number of alkyl halides is 3. The number of nitrogens with zero attached hydrogens (tertiary/aromatic N) is 2. The standard InChI is InChI=1S/C19H21F3N4O5/c1-11(27)14-15(26(2)17(28)23-9-8-18(29)6-7-18)25-16(24-14)30-12-4-3-5-13(10-12)31-19(20,21)22/h3-5,10,29H,6-9H2,1-2H3,(H,23,28)(H,24,25). The van der Waals surface area contributed by atoms with Crippen molar-refractivity contribution in [2.24, 2.45) is 0 Å². The maximum Gasteiger partial charge on any atom is 0.573 e. The first-order chi connectivity index (χ1) is 14.5. The van der Waals surface area contributed by atoms with Gasteiger partial charge in [0.15, 0.2) is 11.6 Å². The van der Waals surface area contributed by atoms with Gasteiger partial charge in [-0.05, 0) is 31.4 Å². The Morgan fingerprint density at radius 3 is 2.61 bits per heavy atom. The fourth-order valence-electron chi connectivity index (χ4n) is 2.74. The highest BCUT2D eigenvalue weighted by atomic mass is 19.4. The third-order valence-corrected chi connectivity index (χ3v) is 4.58. The highest BCUT2D eigenvalue weighted by molar-refractivity contribution is 6.02. The van der Waals surface area contributed by atoms with Crippen LogP contribution in [0.4, 0.5) is 23.8 Å². The highest BCUT2D eigenvalue weighted by Gasteiger charge is 2.39. The lowest BCUT2D eigenvalue weighted by Gasteiger charge is -2.17. The van der Waals surface area contributed by atoms with Crippen molar-refractivity contribution in [1.29, 1.82) is 0 Å². The number of aromatic nitrogens is 2. The average molecular weight is 442 g/mol. The summed E-state index contributed by atoms with van der Waals surface area (Å²) in [7, 11) is 1.39. The molecular formula is C19H21F3N4O5. The summed E-state index contributed by atoms with van der Waals surface area (Å²) in [5, 5.41) is 12.5. The Balaban J connectivity index is 1.71. The Morgan fingerprint density at radius 2 is 2.00 bits per heavy atom. The first kappa shape index (κ1) is 22.4. The van der Waals surface area contributed by atoms with Crippen LogP contribution in [0.3, 0.4) is 0 Å². The van der Waals surface area contributed by atoms with Gasteiger partial charge in [0.2, 0.25) is 0 Å². The van der Waals surface area contributed by atoms with E-state index in [2.05, 4.69) is 20.0 Å². The molecule has 2 aromatic rings. The van der Waals surface area contributed by atoms with Gasteiger partial charge in [0.1, 0.15) is 17.2 Å². The van der Waals surface area contributed by atoms with E-state index >= 15 is 0 Å². The molecule has 0 aliphatic heterocycles. The summed E-state index contributed by atoms with van der Waals surface area (Å²) in [5.74, 6) is -0.967. The summed E-state index contributed by atoms with van der Waals surface area (Å²) in [6.45, 7) is 1.50. The zero-order chi connectivity index (χ0) is 22.8. The maximum atomic E-state index is 12.4. The highest BCUT2D eigenvalue weighted by Crippen LogP contribution is 2.37. The zero-order valence-electron chi connectivity index (χ0n) is 16.7. The van der Waals surface area contributed by atoms with Crippen LogP contribution >= 0.6 is 0 Å². The molecule has 9 nitrogen and oxygen atoms in total. The number of ether oxygens (including phenoxy) is 2. The molecule has 0 saturated heterocycles. The second kappa shape index (κ2) is 8.46. The Labute approximate surface area is 175 Å². The van der Waals surface area contributed by atoms with E-state index in [1.165, 1.54) is 26.1 Å². The second-order valence-electron chi connectivity index (χ2n) is 7.19. The van der Waals surface area contributed by atoms with Gasteiger partial charge < -0.3 is 24.9 Å². The quantitative estimate of drug-likeness (QED) is 0.540. The van der Waals surface area contributed by atoms with Crippen molar-refractivity contribution in [3.63, 3.8) is 0 Å². The smallest absolute Gasteiger partial charge is 0.425 e. The molecule has 1 heterocycles. The minimum Gasteiger partial charge on any atom is -0.425 e. The number of hydrogen-bond acceptors (Lipinski definition) is 6. The van der Waals surface area contributed by atoms with Gasteiger partial charge in [-0.25, -0.2) is 4.79 Å². The van der Waals surface area contributed by atoms with Crippen LogP contribution in [-0.2, 0) is 0 Å². The van der Waals surface area contributed by atoms with Crippen molar-refractivity contribution in [2.75, 3.05) is 18.5 Å². The molecule has 3 N–H and O–H groups in total. The average Bonchev–Trinajstić information content (AvgIpc) is 3.23. The van der Waals surface area contributed by atoms with Gasteiger partial charge in [-0.3, -0.25) is 9.69 Å². The molecule has 1 aromatic carbocycles. The van der Waals surface area contributed by atoms with E-state index in [0.717, 1.165) is 17.0 Å². The Bertz CT molecular complexity index is 972. The summed E-state index contributed by atoms with van der Waals surface area (Å²) in [6, 6.07) is 4.02. The molecule has 0 unspecified atom stereocenters. The van der Waals surface area contributed by atoms with Crippen molar-refractivity contribution in [3.8, 4) is 17.5 Å². The largest absolute Gasteiger partial charge is 0.573 e. The molecule has 12 heteroatoms. The molecule has 2 amide bonds. The molecule has 1 aliphatic carbocycles. The fraction of sp³-hybridized carbons (Fsp3) is 0.421. The van der Waals surface area contributed by atoms with Gasteiger partial charge in [-0.2, -0.15) is 4.98 Å². The summed E-state index contributed by atoms with van der Waals surface area (Å²) >= 11 is 0. The molecule has 1 fully saturated rings. The first-order valence-corrected chi connectivity index (χ1v) is 9.34. The van der Waals surface area contributed by atoms with Gasteiger partial charge in [0, 0.05) is 26.6 Å². The minimum absolute atomic E-state index is 0.0174. The summed E-state index contributed by atoms with van der Waals surface area (Å²) in [4.78, 5) is 32.1. The number of anilines is 1. The molecular weight excluding hydrogens is 421 g/mol. The predicted molar refractivity (Wildman–Crippen MR) is 102 cm³/mol. The number of aliphatic hydroxyl groups is 1. The van der Waals surface area contributed by atoms with Crippen molar-refractivity contribution >= 4 is 17.6 Å². The number of carbonyl (C=O) groups excluding carboxylic acids is 2. The summed E-state index contributed by atoms with van der Waals surface area (Å²) in [5.41, 5.74) is -0.732. The molecule has 1 aliphatic rings. The van der Waals surface area contributed by atoms with E-state index in [9.17, 15) is 27.9 Å². The third kappa shape index (κ3) is 6.10. The molecule has 0 atom stereocenters. The van der Waals surface area contributed by atoms with Crippen molar-refractivity contribution in [2.45, 2.75) is 38.1 Å². The number of nitrogens with one attached hydrogen (secondary N) is 2. The Hall–Kier alpha value is -3.28. The zero-order valence-corrected chi connectivity index (χ0v) is 16.7. The number of aromatic amines is 1. The number of urea groups is 1. The van der Waals surface area contributed by atoms with Gasteiger partial charge >= 0.3 is 18.4 Å². The number of Topliss-reactive ketones (excluding diaryl/α,β-unsaturated/α-hetero) is 1. The molecule has 31 heavy (non-hydrogen) atoms. The topological polar surface area (TPSA) is 117 Å². The SMILES string of the molecule is CC(=O)c1[nH]c(Oc2cccc(OC(F)(F)F)c2)nc1N(C)C(=O)NCCC1(O)CC1. The maximum absolute atomic E-state index is 12.4. The van der Waals surface area contributed by atoms with E-state index < -0.39 is 29.5 Å². The Morgan fingerprint density at radius 1 is 1.32 bits per heavy atom. The van der Waals surface area contributed by atoms with Crippen LogP contribution in [0, 0.1) is 0 Å². The number of benzene rings is 1. The molecule has 168 valence electrons. The van der Waals surface area contributed by atoms with E-state index in [-0.39, 0.29) is 29.8 Å². The van der Waals surface area contributed by atoms with Crippen molar-refractivity contribution < 1.29 is 37.3 Å². The van der Waals surface area contributed by atoms with Crippen LogP contribution in [-0.4, -0.2) is 52.4 Å². The molecule has 0 radical (unpaired) electrons. The molecule has 0 bridgehead atoms. The predicted octanol–water partition coefficient (Wildman–Crippen LogP) is 3.36. The number of halogens is 3. The minimum atomic E-state index is -4.86. The van der Waals surface area contributed by atoms with Crippen LogP contribution in [0.15, 0.2) is 24.3 Å². The number of ketones is 1. The first-order valence-electron chi connectivity index (χ1n) is 9.34. The second-order valence-corrected chi connectivity index (χ2v) is 7.19. The van der Waals surface area contributed by atoms with Crippen LogP contribution in [0.5, 0.6) is 17.5 Å². The monoisotopic (exact) mass is 442 g/mol. The number of hydrogen-bond donors (Lipinski definition) is 3. The van der Waals surface area contributed by atoms with E-state index in [4.69, 9.17) is 4.74 Å². The normalized spacial score (nSPS) is 14.6. The molecule has 0 spiro atoms. The summed E-state index contributed by atoms with van der Waals surface area (Å²) in [6.07, 6.45) is -3.05. The van der Waals surface area contributed by atoms with E-state index in [1.807, 2.05) is 0 Å². The van der Waals surface area contributed by atoms with Gasteiger partial charge in [0.25, 0.3) is 0 Å². The van der Waals surface area contributed by atoms with Crippen LogP contribution < -0.4 is 19.7 Å². The van der Waals surface area contributed by atoms with Gasteiger partial charge in [0.05, 0.1) is 5.60 Å². The van der Waals surface area contributed by atoms with E-state index in [0.29, 0.717) is 19.3 Å². The molecule has 1 aromatic heterocycles. The van der Waals surface area contributed by atoms with Crippen LogP contribution in [0.25, 0.3) is 0 Å². The van der Waals surface area contributed by atoms with Crippen LogP contribution in [0.1, 0.15) is 36.7 Å². The lowest BCUT2D eigenvalue weighted by atomic mass is 10.2.